The maximum Gasteiger partial charge on any atom is 0.261 e. The van der Waals surface area contributed by atoms with Gasteiger partial charge in [-0.25, -0.2) is 0 Å². The molecule has 1 aliphatic carbocycles. The van der Waals surface area contributed by atoms with Crippen molar-refractivity contribution in [2.45, 2.75) is 19.3 Å². The Morgan fingerprint density at radius 2 is 1.67 bits per heavy atom. The Hall–Kier alpha value is -1.97. The molecular weight excluding hydrogens is 230 g/mol. The van der Waals surface area contributed by atoms with Gasteiger partial charge in [0.05, 0.1) is 11.1 Å². The van der Waals surface area contributed by atoms with E-state index in [1.807, 2.05) is 0 Å². The first-order valence-electron chi connectivity index (χ1n) is 6.16. The summed E-state index contributed by atoms with van der Waals surface area (Å²) < 4.78 is 0. The first kappa shape index (κ1) is 11.1. The van der Waals surface area contributed by atoms with Gasteiger partial charge in [-0.1, -0.05) is 12.1 Å². The molecule has 1 saturated carbocycles. The second-order valence-electron chi connectivity index (χ2n) is 4.82. The third-order valence-electron chi connectivity index (χ3n) is 3.71. The topological polar surface area (TPSA) is 54.5 Å². The van der Waals surface area contributed by atoms with Crippen molar-refractivity contribution in [1.82, 2.24) is 4.90 Å². The Morgan fingerprint density at radius 3 is 2.17 bits per heavy atom. The summed E-state index contributed by atoms with van der Waals surface area (Å²) in [7, 11) is 0. The molecule has 0 aromatic heterocycles. The largest absolute Gasteiger partial charge is 0.299 e. The van der Waals surface area contributed by atoms with Gasteiger partial charge in [0.15, 0.2) is 0 Å². The lowest BCUT2D eigenvalue weighted by Crippen LogP contribution is -2.35. The van der Waals surface area contributed by atoms with Gasteiger partial charge < -0.3 is 0 Å². The predicted octanol–water partition coefficient (Wildman–Crippen LogP) is 1.65. The number of ketones is 1. The highest BCUT2D eigenvalue weighted by atomic mass is 16.2. The Kier molecular flexibility index (Phi) is 2.51. The third-order valence-corrected chi connectivity index (χ3v) is 3.71. The minimum absolute atomic E-state index is 0.160. The summed E-state index contributed by atoms with van der Waals surface area (Å²) in [6.07, 6.45) is 2.23. The molecule has 18 heavy (non-hydrogen) atoms. The van der Waals surface area contributed by atoms with Crippen LogP contribution in [0.4, 0.5) is 0 Å². The van der Waals surface area contributed by atoms with Crippen LogP contribution in [0.25, 0.3) is 0 Å². The zero-order valence-corrected chi connectivity index (χ0v) is 9.89. The number of fused-ring (bicyclic) bond motifs is 1. The summed E-state index contributed by atoms with van der Waals surface area (Å²) in [4.78, 5) is 37.0. The highest BCUT2D eigenvalue weighted by Gasteiger charge is 2.38. The summed E-state index contributed by atoms with van der Waals surface area (Å²) in [5.41, 5.74) is 0.904. The molecule has 3 rings (SSSR count). The van der Waals surface area contributed by atoms with Gasteiger partial charge in [0, 0.05) is 18.9 Å². The van der Waals surface area contributed by atoms with E-state index in [9.17, 15) is 14.4 Å². The molecule has 1 aromatic rings. The number of hydrogen-bond acceptors (Lipinski definition) is 3. The number of hydrogen-bond donors (Lipinski definition) is 0. The molecule has 4 heteroatoms. The van der Waals surface area contributed by atoms with Crippen LogP contribution >= 0.6 is 0 Å². The number of nitrogens with zero attached hydrogens (tertiary/aromatic N) is 1. The average Bonchev–Trinajstić information content (AvgIpc) is 2.89. The summed E-state index contributed by atoms with van der Waals surface area (Å²) in [6.45, 7) is 0.241. The van der Waals surface area contributed by atoms with Gasteiger partial charge in [-0.3, -0.25) is 19.3 Å². The first-order chi connectivity index (χ1) is 8.68. The van der Waals surface area contributed by atoms with Crippen molar-refractivity contribution in [3.63, 3.8) is 0 Å². The number of carbonyl (C=O) groups excluding carboxylic acids is 3. The smallest absolute Gasteiger partial charge is 0.261 e. The van der Waals surface area contributed by atoms with Crippen LogP contribution in [0.15, 0.2) is 24.3 Å². The van der Waals surface area contributed by atoms with Crippen molar-refractivity contribution in [3.8, 4) is 0 Å². The van der Waals surface area contributed by atoms with E-state index in [1.165, 1.54) is 4.90 Å². The van der Waals surface area contributed by atoms with Gasteiger partial charge in [-0.2, -0.15) is 0 Å². The minimum Gasteiger partial charge on any atom is -0.299 e. The summed E-state index contributed by atoms with van der Waals surface area (Å²) in [6, 6.07) is 6.81. The molecule has 1 fully saturated rings. The zero-order chi connectivity index (χ0) is 12.7. The maximum absolute atomic E-state index is 12.1. The van der Waals surface area contributed by atoms with Gasteiger partial charge in [0.1, 0.15) is 5.78 Å². The monoisotopic (exact) mass is 243 g/mol. The van der Waals surface area contributed by atoms with E-state index >= 15 is 0 Å². The number of rotatable bonds is 2. The minimum atomic E-state index is -0.268. The summed E-state index contributed by atoms with van der Waals surface area (Å²) in [5.74, 6) is -0.524. The van der Waals surface area contributed by atoms with Gasteiger partial charge in [-0.05, 0) is 25.0 Å². The fourth-order valence-electron chi connectivity index (χ4n) is 2.71. The van der Waals surface area contributed by atoms with E-state index in [2.05, 4.69) is 0 Å². The molecule has 1 atom stereocenters. The van der Waals surface area contributed by atoms with Gasteiger partial charge >= 0.3 is 0 Å². The Labute approximate surface area is 105 Å². The van der Waals surface area contributed by atoms with Crippen molar-refractivity contribution < 1.29 is 14.4 Å². The van der Waals surface area contributed by atoms with E-state index in [1.54, 1.807) is 24.3 Å². The molecule has 0 bridgehead atoms. The van der Waals surface area contributed by atoms with Crippen molar-refractivity contribution in [3.05, 3.63) is 35.4 Å². The quantitative estimate of drug-likeness (QED) is 0.742. The summed E-state index contributed by atoms with van der Waals surface area (Å²) >= 11 is 0. The molecule has 0 saturated heterocycles. The maximum atomic E-state index is 12.1. The van der Waals surface area contributed by atoms with E-state index in [4.69, 9.17) is 0 Å². The van der Waals surface area contributed by atoms with Crippen LogP contribution in [0.2, 0.25) is 0 Å². The fraction of sp³-hybridized carbons (Fsp3) is 0.357. The van der Waals surface area contributed by atoms with Crippen LogP contribution < -0.4 is 0 Å². The van der Waals surface area contributed by atoms with Crippen molar-refractivity contribution in [2.24, 2.45) is 5.92 Å². The molecule has 1 aliphatic heterocycles. The van der Waals surface area contributed by atoms with Crippen molar-refractivity contribution >= 4 is 17.6 Å². The standard InChI is InChI=1S/C14H13NO3/c16-12-7-3-4-9(12)8-15-13(17)10-5-1-2-6-11(10)14(15)18/h1-2,5-6,9H,3-4,7-8H2. The van der Waals surface area contributed by atoms with Gasteiger partial charge in [0.25, 0.3) is 11.8 Å². The SMILES string of the molecule is O=C1CCCC1CN1C(=O)c2ccccc2C1=O. The predicted molar refractivity (Wildman–Crippen MR) is 64.2 cm³/mol. The van der Waals surface area contributed by atoms with Crippen LogP contribution in [0.3, 0.4) is 0 Å². The molecule has 2 amide bonds. The molecule has 1 unspecified atom stereocenters. The lowest BCUT2D eigenvalue weighted by Gasteiger charge is -2.17. The van der Waals surface area contributed by atoms with Crippen LogP contribution in [-0.2, 0) is 4.79 Å². The molecule has 0 spiro atoms. The Balaban J connectivity index is 1.86. The normalized spacial score (nSPS) is 22.8. The van der Waals surface area contributed by atoms with Crippen molar-refractivity contribution in [2.75, 3.05) is 6.54 Å². The van der Waals surface area contributed by atoms with E-state index in [0.29, 0.717) is 17.5 Å². The molecule has 1 aromatic carbocycles. The van der Waals surface area contributed by atoms with Gasteiger partial charge in [-0.15, -0.1) is 0 Å². The van der Waals surface area contributed by atoms with E-state index < -0.39 is 0 Å². The molecular formula is C14H13NO3. The van der Waals surface area contributed by atoms with Crippen LogP contribution in [-0.4, -0.2) is 29.0 Å². The lowest BCUT2D eigenvalue weighted by molar-refractivity contribution is -0.120. The molecule has 1 heterocycles. The Morgan fingerprint density at radius 1 is 1.06 bits per heavy atom. The number of Topliss-reactive ketones (excluding diaryl/α,β-unsaturated/α-hetero) is 1. The molecule has 0 radical (unpaired) electrons. The second kappa shape index (κ2) is 4.05. The second-order valence-corrected chi connectivity index (χ2v) is 4.82. The highest BCUT2D eigenvalue weighted by Crippen LogP contribution is 2.27. The lowest BCUT2D eigenvalue weighted by atomic mass is 10.1. The van der Waals surface area contributed by atoms with E-state index in [0.717, 1.165) is 12.8 Å². The van der Waals surface area contributed by atoms with Crippen LogP contribution in [0, 0.1) is 5.92 Å². The van der Waals surface area contributed by atoms with Crippen LogP contribution in [0.1, 0.15) is 40.0 Å². The first-order valence-corrected chi connectivity index (χ1v) is 6.16. The third kappa shape index (κ3) is 1.56. The van der Waals surface area contributed by atoms with Crippen LogP contribution in [0.5, 0.6) is 0 Å². The highest BCUT2D eigenvalue weighted by molar-refractivity contribution is 6.21. The summed E-state index contributed by atoms with van der Waals surface area (Å²) in [5, 5.41) is 0. The number of amides is 2. The molecule has 0 N–H and O–H groups in total. The molecule has 4 nitrogen and oxygen atoms in total. The number of imide groups is 1. The fourth-order valence-corrected chi connectivity index (χ4v) is 2.71. The Bertz CT molecular complexity index is 515. The number of carbonyl (C=O) groups is 3. The zero-order valence-electron chi connectivity index (χ0n) is 9.89. The average molecular weight is 243 g/mol. The molecule has 2 aliphatic rings. The van der Waals surface area contributed by atoms with E-state index in [-0.39, 0.29) is 30.1 Å². The van der Waals surface area contributed by atoms with Crippen molar-refractivity contribution in [1.29, 1.82) is 0 Å². The van der Waals surface area contributed by atoms with Gasteiger partial charge in [0.2, 0.25) is 0 Å². The molecule has 92 valence electrons. The number of benzene rings is 1.